The minimum absolute atomic E-state index is 0.000481. The summed E-state index contributed by atoms with van der Waals surface area (Å²) in [7, 11) is 1.78. The second kappa shape index (κ2) is 7.67. The molecule has 1 aliphatic heterocycles. The molecule has 1 aromatic heterocycles. The fourth-order valence-corrected chi connectivity index (χ4v) is 8.53. The van der Waals surface area contributed by atoms with Gasteiger partial charge in [-0.3, -0.25) is 9.48 Å². The maximum absolute atomic E-state index is 14.8. The highest BCUT2D eigenvalue weighted by molar-refractivity contribution is 5.96. The van der Waals surface area contributed by atoms with Gasteiger partial charge in [0.2, 0.25) is 0 Å². The van der Waals surface area contributed by atoms with E-state index in [0.29, 0.717) is 28.4 Å². The van der Waals surface area contributed by atoms with E-state index in [9.17, 15) is 14.7 Å². The van der Waals surface area contributed by atoms with Gasteiger partial charge >= 0.3 is 5.97 Å². The number of allylic oxidation sites excluding steroid dienone is 1. The minimum Gasteiger partial charge on any atom is -0.451 e. The number of aliphatic hydroxyl groups is 1. The highest BCUT2D eigenvalue weighted by Crippen LogP contribution is 2.72. The highest BCUT2D eigenvalue weighted by Gasteiger charge is 2.77. The molecular weight excluding hydrogens is 484 g/mol. The van der Waals surface area contributed by atoms with Gasteiger partial charge in [0.1, 0.15) is 11.7 Å². The van der Waals surface area contributed by atoms with E-state index in [2.05, 4.69) is 25.9 Å². The van der Waals surface area contributed by atoms with Crippen LogP contribution in [0.4, 0.5) is 0 Å². The number of hydrogen-bond acceptors (Lipinski definition) is 7. The van der Waals surface area contributed by atoms with Crippen LogP contribution >= 0.6 is 0 Å². The highest BCUT2D eigenvalue weighted by atomic mass is 16.7. The maximum Gasteiger partial charge on any atom is 0.342 e. The lowest BCUT2D eigenvalue weighted by Crippen LogP contribution is -2.68. The van der Waals surface area contributed by atoms with Gasteiger partial charge in [-0.05, 0) is 75.4 Å². The van der Waals surface area contributed by atoms with Crippen LogP contribution < -0.4 is 0 Å². The average Bonchev–Trinajstić information content (AvgIpc) is 3.18. The molecule has 6 rings (SSSR count). The molecule has 2 saturated carbocycles. The number of carbonyl (C=O) groups is 2. The maximum atomic E-state index is 14.8. The van der Waals surface area contributed by atoms with Crippen LogP contribution in [0.5, 0.6) is 0 Å². The van der Waals surface area contributed by atoms with Crippen molar-refractivity contribution >= 4 is 11.8 Å². The Balaban J connectivity index is 1.52. The topological polar surface area (TPSA) is 99.9 Å². The van der Waals surface area contributed by atoms with Crippen LogP contribution in [0.3, 0.4) is 0 Å². The molecule has 38 heavy (non-hydrogen) atoms. The number of aryl methyl sites for hydroxylation is 2. The first kappa shape index (κ1) is 26.0. The summed E-state index contributed by atoms with van der Waals surface area (Å²) in [6, 6.07) is 0. The van der Waals surface area contributed by atoms with E-state index in [1.165, 1.54) is 0 Å². The van der Waals surface area contributed by atoms with Crippen LogP contribution in [0.2, 0.25) is 0 Å². The second-order valence-corrected chi connectivity index (χ2v) is 13.4. The molecule has 0 aromatic carbocycles. The number of rotatable bonds is 2. The minimum atomic E-state index is -1.82. The number of esters is 1. The summed E-state index contributed by atoms with van der Waals surface area (Å²) in [6.07, 6.45) is 2.80. The lowest BCUT2D eigenvalue weighted by atomic mass is 9.59. The van der Waals surface area contributed by atoms with Gasteiger partial charge in [-0.15, -0.1) is 0 Å². The van der Waals surface area contributed by atoms with E-state index >= 15 is 0 Å². The predicted octanol–water partition coefficient (Wildman–Crippen LogP) is 3.83. The van der Waals surface area contributed by atoms with Gasteiger partial charge < -0.3 is 19.3 Å². The molecule has 0 radical (unpaired) electrons. The van der Waals surface area contributed by atoms with E-state index in [1.807, 2.05) is 39.8 Å². The number of nitrogens with zero attached hydrogens (tertiary/aromatic N) is 2. The first-order valence-corrected chi connectivity index (χ1v) is 13.8. The van der Waals surface area contributed by atoms with Crippen LogP contribution in [0.15, 0.2) is 23.3 Å². The van der Waals surface area contributed by atoms with Crippen molar-refractivity contribution in [2.75, 3.05) is 6.61 Å². The van der Waals surface area contributed by atoms with Crippen LogP contribution in [0, 0.1) is 48.3 Å². The molecule has 1 N–H and O–H groups in total. The molecule has 1 aromatic rings. The standard InChI is InChI=1S/C30H40N2O6/c1-14-12-29-15(2)10-20-22(27(20,5)6)19(23(29)33)11-18-13-36-28(7,8)38-25(18)30(29,35)24(14)37-26(34)21-16(3)31-32(9)17(21)4/h11-12,15,19-20,22,24-25,35H,10,13H2,1-9H3/t15-,19+,20-,22+,24+,25-,29+,30-/m1/s1. The van der Waals surface area contributed by atoms with Crippen molar-refractivity contribution in [3.63, 3.8) is 0 Å². The fraction of sp³-hybridized carbons (Fsp3) is 0.700. The van der Waals surface area contributed by atoms with Gasteiger partial charge in [0, 0.05) is 18.7 Å². The third-order valence-corrected chi connectivity index (χ3v) is 10.6. The van der Waals surface area contributed by atoms with E-state index in [1.54, 1.807) is 18.7 Å². The Labute approximate surface area is 224 Å². The molecule has 8 heteroatoms. The normalized spacial score (nSPS) is 42.1. The van der Waals surface area contributed by atoms with E-state index in [4.69, 9.17) is 14.2 Å². The summed E-state index contributed by atoms with van der Waals surface area (Å²) in [5.74, 6) is -1.52. The third kappa shape index (κ3) is 3.05. The van der Waals surface area contributed by atoms with Crippen LogP contribution in [-0.2, 0) is 26.1 Å². The first-order valence-electron chi connectivity index (χ1n) is 13.8. The van der Waals surface area contributed by atoms with Crippen molar-refractivity contribution < 1.29 is 28.9 Å². The number of hydrogen-bond donors (Lipinski definition) is 1. The molecule has 4 aliphatic carbocycles. The molecule has 5 aliphatic rings. The number of Topliss-reactive ketones (excluding diaryl/α,β-unsaturated/α-hetero) is 1. The molecule has 0 amide bonds. The predicted molar refractivity (Wildman–Crippen MR) is 139 cm³/mol. The van der Waals surface area contributed by atoms with Crippen LogP contribution in [0.25, 0.3) is 0 Å². The van der Waals surface area contributed by atoms with E-state index < -0.39 is 35.0 Å². The average molecular weight is 525 g/mol. The SMILES string of the molecule is CC1=C[C@]23C(=O)[C@@H](C=C4COC(C)(C)O[C@H]4[C@]2(O)[C@H]1OC(=O)c1c(C)nn(C)c1C)[C@H]1[C@@H](C[C@H]3C)C1(C)C. The molecule has 2 bridgehead atoms. The molecule has 8 nitrogen and oxygen atoms in total. The molecule has 8 atom stereocenters. The Bertz CT molecular complexity index is 1320. The Morgan fingerprint density at radius 2 is 1.89 bits per heavy atom. The van der Waals surface area contributed by atoms with Crippen molar-refractivity contribution in [1.29, 1.82) is 0 Å². The number of ether oxygens (including phenoxy) is 3. The Kier molecular flexibility index (Phi) is 5.24. The number of aromatic nitrogens is 2. The summed E-state index contributed by atoms with van der Waals surface area (Å²) in [5, 5.41) is 17.5. The lowest BCUT2D eigenvalue weighted by Gasteiger charge is -2.52. The van der Waals surface area contributed by atoms with E-state index in [-0.39, 0.29) is 35.6 Å². The Morgan fingerprint density at radius 3 is 2.53 bits per heavy atom. The van der Waals surface area contributed by atoms with Crippen molar-refractivity contribution in [2.24, 2.45) is 41.5 Å². The van der Waals surface area contributed by atoms with Crippen molar-refractivity contribution in [2.45, 2.75) is 85.4 Å². The smallest absolute Gasteiger partial charge is 0.342 e. The van der Waals surface area contributed by atoms with Crippen LogP contribution in [0.1, 0.15) is 69.7 Å². The summed E-state index contributed by atoms with van der Waals surface area (Å²) in [5.41, 5.74) is -0.00418. The lowest BCUT2D eigenvalue weighted by molar-refractivity contribution is -0.302. The van der Waals surface area contributed by atoms with Gasteiger partial charge in [-0.25, -0.2) is 4.79 Å². The number of ketones is 1. The van der Waals surface area contributed by atoms with Gasteiger partial charge in [0.15, 0.2) is 23.3 Å². The Morgan fingerprint density at radius 1 is 1.21 bits per heavy atom. The van der Waals surface area contributed by atoms with Crippen molar-refractivity contribution in [3.8, 4) is 0 Å². The quantitative estimate of drug-likeness (QED) is 0.464. The molecule has 0 unspecified atom stereocenters. The van der Waals surface area contributed by atoms with Gasteiger partial charge in [-0.1, -0.05) is 32.9 Å². The first-order chi connectivity index (χ1) is 17.6. The Hall–Kier alpha value is -2.29. The zero-order chi connectivity index (χ0) is 27.7. The fourth-order valence-electron chi connectivity index (χ4n) is 8.53. The zero-order valence-corrected chi connectivity index (χ0v) is 23.9. The zero-order valence-electron chi connectivity index (χ0n) is 23.9. The second-order valence-electron chi connectivity index (χ2n) is 13.4. The summed E-state index contributed by atoms with van der Waals surface area (Å²) < 4.78 is 20.4. The largest absolute Gasteiger partial charge is 0.451 e. The van der Waals surface area contributed by atoms with Gasteiger partial charge in [0.25, 0.3) is 0 Å². The third-order valence-electron chi connectivity index (χ3n) is 10.6. The van der Waals surface area contributed by atoms with Crippen molar-refractivity contribution in [1.82, 2.24) is 9.78 Å². The molecule has 206 valence electrons. The molecular formula is C30H40N2O6. The molecule has 3 fully saturated rings. The molecule has 1 saturated heterocycles. The van der Waals surface area contributed by atoms with Crippen molar-refractivity contribution in [3.05, 3.63) is 40.2 Å². The number of carbonyl (C=O) groups excluding carboxylic acids is 2. The monoisotopic (exact) mass is 524 g/mol. The summed E-state index contributed by atoms with van der Waals surface area (Å²) in [6.45, 7) is 15.8. The van der Waals surface area contributed by atoms with Crippen LogP contribution in [-0.4, -0.2) is 56.8 Å². The summed E-state index contributed by atoms with van der Waals surface area (Å²) >= 11 is 0. The van der Waals surface area contributed by atoms with Gasteiger partial charge in [0.05, 0.1) is 17.7 Å². The molecule has 1 spiro atoms. The van der Waals surface area contributed by atoms with E-state index in [0.717, 1.165) is 12.0 Å². The summed E-state index contributed by atoms with van der Waals surface area (Å²) in [4.78, 5) is 28.4. The molecule has 2 heterocycles. The number of fused-ring (bicyclic) bond motifs is 5. The van der Waals surface area contributed by atoms with Gasteiger partial charge in [-0.2, -0.15) is 5.10 Å².